The number of nitrogens with one attached hydrogen (secondary N) is 1. The van der Waals surface area contributed by atoms with Crippen LogP contribution in [0.4, 0.5) is 23.0 Å². The molecule has 2 aromatic rings. The van der Waals surface area contributed by atoms with Crippen molar-refractivity contribution >= 4 is 38.8 Å². The van der Waals surface area contributed by atoms with Crippen LogP contribution in [-0.2, 0) is 14.6 Å². The van der Waals surface area contributed by atoms with E-state index in [0.29, 0.717) is 31.6 Å². The van der Waals surface area contributed by atoms with E-state index in [1.54, 1.807) is 4.90 Å². The Morgan fingerprint density at radius 3 is 2.38 bits per heavy atom. The van der Waals surface area contributed by atoms with Crippen LogP contribution in [0.3, 0.4) is 0 Å². The Labute approximate surface area is 166 Å². The average molecular weight is 421 g/mol. The number of aromatic nitrogens is 2. The van der Waals surface area contributed by atoms with Gasteiger partial charge in [0.2, 0.25) is 11.6 Å². The highest BCUT2D eigenvalue weighted by molar-refractivity contribution is 7.90. The monoisotopic (exact) mass is 421 g/mol. The predicted molar refractivity (Wildman–Crippen MR) is 104 cm³/mol. The molecule has 0 radical (unpaired) electrons. The fourth-order valence-electron chi connectivity index (χ4n) is 3.12. The van der Waals surface area contributed by atoms with E-state index in [2.05, 4.69) is 15.3 Å². The molecule has 0 unspecified atom stereocenters. The van der Waals surface area contributed by atoms with E-state index >= 15 is 0 Å². The first-order chi connectivity index (χ1) is 13.7. The largest absolute Gasteiger partial charge is 0.481 e. The molecule has 0 spiro atoms. The Bertz CT molecular complexity index is 1030. The third-order valence-electron chi connectivity index (χ3n) is 4.67. The van der Waals surface area contributed by atoms with Crippen LogP contribution in [0, 0.1) is 16.0 Å². The number of carbonyl (C=O) groups is 1. The van der Waals surface area contributed by atoms with Crippen LogP contribution in [0.5, 0.6) is 0 Å². The van der Waals surface area contributed by atoms with E-state index < -0.39 is 26.6 Å². The molecule has 1 fully saturated rings. The highest BCUT2D eigenvalue weighted by Gasteiger charge is 2.31. The van der Waals surface area contributed by atoms with Crippen molar-refractivity contribution in [1.29, 1.82) is 0 Å². The van der Waals surface area contributed by atoms with Gasteiger partial charge in [0.25, 0.3) is 0 Å². The van der Waals surface area contributed by atoms with Crippen molar-refractivity contribution in [3.8, 4) is 0 Å². The second-order valence-corrected chi connectivity index (χ2v) is 8.69. The van der Waals surface area contributed by atoms with Crippen LogP contribution in [0.2, 0.25) is 0 Å². The van der Waals surface area contributed by atoms with Gasteiger partial charge in [0, 0.05) is 25.0 Å². The Kier molecular flexibility index (Phi) is 5.64. The summed E-state index contributed by atoms with van der Waals surface area (Å²) in [6.07, 6.45) is 3.02. The highest BCUT2D eigenvalue weighted by atomic mass is 32.2. The molecule has 0 amide bonds. The van der Waals surface area contributed by atoms with Gasteiger partial charge >= 0.3 is 11.7 Å². The summed E-state index contributed by atoms with van der Waals surface area (Å²) < 4.78 is 23.1. The number of hydrogen-bond acceptors (Lipinski definition) is 9. The van der Waals surface area contributed by atoms with Crippen LogP contribution in [0.1, 0.15) is 12.8 Å². The number of carboxylic acid groups (broad SMARTS) is 1. The van der Waals surface area contributed by atoms with Gasteiger partial charge in [0.05, 0.1) is 15.7 Å². The molecule has 11 nitrogen and oxygen atoms in total. The third-order valence-corrected chi connectivity index (χ3v) is 5.80. The van der Waals surface area contributed by atoms with E-state index in [9.17, 15) is 23.3 Å². The molecule has 3 rings (SSSR count). The molecule has 29 heavy (non-hydrogen) atoms. The van der Waals surface area contributed by atoms with E-state index in [1.165, 1.54) is 30.6 Å². The summed E-state index contributed by atoms with van der Waals surface area (Å²) in [6, 6.07) is 5.76. The molecule has 1 aromatic carbocycles. The topological polar surface area (TPSA) is 156 Å². The van der Waals surface area contributed by atoms with Gasteiger partial charge in [0.15, 0.2) is 9.84 Å². The Hall–Kier alpha value is -3.28. The zero-order chi connectivity index (χ0) is 21.2. The number of hydrogen-bond donors (Lipinski definition) is 2. The zero-order valence-corrected chi connectivity index (χ0v) is 16.3. The lowest BCUT2D eigenvalue weighted by atomic mass is 9.97. The maximum Gasteiger partial charge on any atom is 0.353 e. The first-order valence-corrected chi connectivity index (χ1v) is 10.6. The van der Waals surface area contributed by atoms with Crippen LogP contribution in [0.25, 0.3) is 0 Å². The summed E-state index contributed by atoms with van der Waals surface area (Å²) in [7, 11) is -3.36. The van der Waals surface area contributed by atoms with E-state index in [4.69, 9.17) is 5.11 Å². The fourth-order valence-corrected chi connectivity index (χ4v) is 3.75. The van der Waals surface area contributed by atoms with Crippen LogP contribution < -0.4 is 10.2 Å². The number of nitro groups is 1. The van der Waals surface area contributed by atoms with Crippen molar-refractivity contribution in [2.45, 2.75) is 17.7 Å². The van der Waals surface area contributed by atoms with Crippen molar-refractivity contribution in [2.75, 3.05) is 29.6 Å². The maximum atomic E-state index is 11.7. The minimum Gasteiger partial charge on any atom is -0.481 e. The van der Waals surface area contributed by atoms with Crippen molar-refractivity contribution in [1.82, 2.24) is 9.97 Å². The minimum atomic E-state index is -3.36. The van der Waals surface area contributed by atoms with Gasteiger partial charge in [0.1, 0.15) is 6.33 Å². The number of rotatable bonds is 6. The molecule has 154 valence electrons. The third kappa shape index (κ3) is 4.59. The zero-order valence-electron chi connectivity index (χ0n) is 15.5. The average Bonchev–Trinajstić information content (AvgIpc) is 2.67. The number of carboxylic acids is 1. The van der Waals surface area contributed by atoms with Gasteiger partial charge < -0.3 is 15.3 Å². The number of benzene rings is 1. The van der Waals surface area contributed by atoms with Gasteiger partial charge in [-0.3, -0.25) is 14.9 Å². The Balaban J connectivity index is 1.88. The van der Waals surface area contributed by atoms with E-state index in [-0.39, 0.29) is 22.2 Å². The molecular weight excluding hydrogens is 402 g/mol. The Morgan fingerprint density at radius 1 is 1.24 bits per heavy atom. The smallest absolute Gasteiger partial charge is 0.353 e. The van der Waals surface area contributed by atoms with Crippen molar-refractivity contribution in [3.63, 3.8) is 0 Å². The van der Waals surface area contributed by atoms with Crippen molar-refractivity contribution in [2.24, 2.45) is 5.92 Å². The van der Waals surface area contributed by atoms with E-state index in [0.717, 1.165) is 6.26 Å². The normalized spacial score (nSPS) is 15.1. The molecule has 2 heterocycles. The molecule has 2 N–H and O–H groups in total. The van der Waals surface area contributed by atoms with Crippen LogP contribution in [-0.4, -0.2) is 53.7 Å². The number of piperidine rings is 1. The summed E-state index contributed by atoms with van der Waals surface area (Å²) in [6.45, 7) is 0.661. The minimum absolute atomic E-state index is 0.0348. The molecule has 0 bridgehead atoms. The second-order valence-electron chi connectivity index (χ2n) is 6.67. The number of aliphatic carboxylic acids is 1. The summed E-state index contributed by atoms with van der Waals surface area (Å²) in [5.41, 5.74) is 0.100. The first kappa shape index (κ1) is 20.5. The molecular formula is C17H19N5O6S. The summed E-state index contributed by atoms with van der Waals surface area (Å²) >= 11 is 0. The number of anilines is 3. The lowest BCUT2D eigenvalue weighted by Gasteiger charge is -2.30. The molecule has 1 aliphatic heterocycles. The highest BCUT2D eigenvalue weighted by Crippen LogP contribution is 2.35. The van der Waals surface area contributed by atoms with Crippen molar-refractivity contribution < 1.29 is 23.2 Å². The predicted octanol–water partition coefficient (Wildman–Crippen LogP) is 1.83. The van der Waals surface area contributed by atoms with Gasteiger partial charge in [-0.1, -0.05) is 0 Å². The van der Waals surface area contributed by atoms with Crippen LogP contribution >= 0.6 is 0 Å². The summed E-state index contributed by atoms with van der Waals surface area (Å²) in [5.74, 6) is -1.27. The molecule has 1 aromatic heterocycles. The quantitative estimate of drug-likeness (QED) is 0.521. The number of nitrogens with zero attached hydrogens (tertiary/aromatic N) is 4. The molecule has 1 saturated heterocycles. The van der Waals surface area contributed by atoms with Gasteiger partial charge in [-0.15, -0.1) is 0 Å². The first-order valence-electron chi connectivity index (χ1n) is 8.71. The standard InChI is InChI=1S/C17H19N5O6S/c1-29(27,28)13-4-2-12(3-5-13)20-15-14(22(25)26)16(19-10-18-15)21-8-6-11(7-9-21)17(23)24/h2-5,10-11H,6-9H2,1H3,(H,23,24)(H,18,19,20). The second kappa shape index (κ2) is 7.99. The molecule has 0 saturated carbocycles. The number of sulfone groups is 1. The van der Waals surface area contributed by atoms with Crippen LogP contribution in [0.15, 0.2) is 35.5 Å². The van der Waals surface area contributed by atoms with E-state index in [1.807, 2.05) is 0 Å². The lowest BCUT2D eigenvalue weighted by molar-refractivity contribution is -0.383. The SMILES string of the molecule is CS(=O)(=O)c1ccc(Nc2ncnc(N3CCC(C(=O)O)CC3)c2[N+](=O)[O-])cc1. The van der Waals surface area contributed by atoms with Gasteiger partial charge in [-0.25, -0.2) is 18.4 Å². The fraction of sp³-hybridized carbons (Fsp3) is 0.353. The summed E-state index contributed by atoms with van der Waals surface area (Å²) in [4.78, 5) is 32.1. The Morgan fingerprint density at radius 2 is 1.86 bits per heavy atom. The van der Waals surface area contributed by atoms with Crippen molar-refractivity contribution in [3.05, 3.63) is 40.7 Å². The lowest BCUT2D eigenvalue weighted by Crippen LogP contribution is -2.37. The summed E-state index contributed by atoms with van der Waals surface area (Å²) in [5, 5.41) is 23.7. The molecule has 12 heteroatoms. The molecule has 1 aliphatic rings. The molecule has 0 atom stereocenters. The molecule has 0 aliphatic carbocycles. The van der Waals surface area contributed by atoms with Gasteiger partial charge in [-0.05, 0) is 37.1 Å². The maximum absolute atomic E-state index is 11.7. The van der Waals surface area contributed by atoms with Gasteiger partial charge in [-0.2, -0.15) is 0 Å².